The molecule has 0 aliphatic carbocycles. The lowest BCUT2D eigenvalue weighted by Crippen LogP contribution is -2.38. The Labute approximate surface area is 142 Å². The molecule has 5 nitrogen and oxygen atoms in total. The second-order valence-electron chi connectivity index (χ2n) is 5.97. The van der Waals surface area contributed by atoms with Crippen LogP contribution in [0, 0.1) is 0 Å². The zero-order chi connectivity index (χ0) is 16.8. The highest BCUT2D eigenvalue weighted by atomic mass is 16.5. The van der Waals surface area contributed by atoms with E-state index in [-0.39, 0.29) is 11.9 Å². The maximum atomic E-state index is 12.4. The number of benzene rings is 1. The summed E-state index contributed by atoms with van der Waals surface area (Å²) in [7, 11) is 1.65. The smallest absolute Gasteiger partial charge is 0.253 e. The van der Waals surface area contributed by atoms with Crippen LogP contribution >= 0.6 is 0 Å². The number of ether oxygens (including phenoxy) is 2. The van der Waals surface area contributed by atoms with E-state index in [0.29, 0.717) is 25.2 Å². The number of pyridine rings is 1. The van der Waals surface area contributed by atoms with E-state index < -0.39 is 0 Å². The van der Waals surface area contributed by atoms with Crippen molar-refractivity contribution in [2.45, 2.75) is 25.3 Å². The van der Waals surface area contributed by atoms with Gasteiger partial charge in [-0.15, -0.1) is 0 Å². The van der Waals surface area contributed by atoms with Crippen LogP contribution in [0.4, 0.5) is 0 Å². The zero-order valence-electron chi connectivity index (χ0n) is 13.8. The molecule has 2 aromatic rings. The fourth-order valence-corrected chi connectivity index (χ4v) is 2.84. The number of amides is 1. The molecule has 1 N–H and O–H groups in total. The summed E-state index contributed by atoms with van der Waals surface area (Å²) in [6, 6.07) is 10.0. The molecule has 1 amide bonds. The van der Waals surface area contributed by atoms with Crippen LogP contribution in [0.1, 0.15) is 34.3 Å². The van der Waals surface area contributed by atoms with Crippen LogP contribution in [-0.4, -0.2) is 37.3 Å². The predicted molar refractivity (Wildman–Crippen MR) is 91.3 cm³/mol. The molecule has 0 radical (unpaired) electrons. The van der Waals surface area contributed by atoms with E-state index in [1.807, 2.05) is 30.3 Å². The van der Waals surface area contributed by atoms with E-state index in [0.717, 1.165) is 29.7 Å². The summed E-state index contributed by atoms with van der Waals surface area (Å²) in [6.07, 6.45) is 5.85. The van der Waals surface area contributed by atoms with Crippen molar-refractivity contribution in [3.8, 4) is 5.75 Å². The number of carbonyl (C=O) groups is 1. The van der Waals surface area contributed by atoms with Crippen molar-refractivity contribution in [2.24, 2.45) is 0 Å². The highest BCUT2D eigenvalue weighted by molar-refractivity contribution is 5.94. The minimum atomic E-state index is -0.0677. The number of nitrogens with one attached hydrogen (secondary N) is 1. The minimum Gasteiger partial charge on any atom is -0.497 e. The summed E-state index contributed by atoms with van der Waals surface area (Å²) in [5, 5.41) is 3.07. The van der Waals surface area contributed by atoms with Crippen LogP contribution in [0.5, 0.6) is 5.75 Å². The van der Waals surface area contributed by atoms with Gasteiger partial charge in [-0.3, -0.25) is 9.78 Å². The van der Waals surface area contributed by atoms with Crippen molar-refractivity contribution in [1.82, 2.24) is 10.3 Å². The van der Waals surface area contributed by atoms with Gasteiger partial charge in [0.2, 0.25) is 0 Å². The molecule has 0 bridgehead atoms. The Morgan fingerprint density at radius 1 is 1.25 bits per heavy atom. The molecular formula is C19H22N2O3. The molecule has 0 atom stereocenters. The first-order chi connectivity index (χ1) is 11.7. The Hall–Kier alpha value is -2.40. The number of hydrogen-bond donors (Lipinski definition) is 1. The molecule has 1 aromatic heterocycles. The van der Waals surface area contributed by atoms with Crippen molar-refractivity contribution in [3.05, 3.63) is 59.4 Å². The van der Waals surface area contributed by atoms with Crippen LogP contribution in [-0.2, 0) is 11.2 Å². The molecule has 1 fully saturated rings. The number of aromatic nitrogens is 1. The van der Waals surface area contributed by atoms with Crippen LogP contribution in [0.25, 0.3) is 0 Å². The van der Waals surface area contributed by atoms with Gasteiger partial charge in [0.25, 0.3) is 5.91 Å². The molecule has 3 rings (SSSR count). The standard InChI is InChI=1S/C19H22N2O3/c1-23-18-4-2-3-14(11-18)9-15-10-16(13-20-12-15)19(22)21-17-5-7-24-8-6-17/h2-4,10-13,17H,5-9H2,1H3,(H,21,22). The first-order valence-electron chi connectivity index (χ1n) is 8.20. The van der Waals surface area contributed by atoms with Gasteiger partial charge in [0.15, 0.2) is 0 Å². The van der Waals surface area contributed by atoms with Crippen LogP contribution in [0.2, 0.25) is 0 Å². The second kappa shape index (κ2) is 7.93. The Bertz CT molecular complexity index is 697. The van der Waals surface area contributed by atoms with Gasteiger partial charge in [0, 0.05) is 31.6 Å². The number of hydrogen-bond acceptors (Lipinski definition) is 4. The van der Waals surface area contributed by atoms with Gasteiger partial charge >= 0.3 is 0 Å². The minimum absolute atomic E-state index is 0.0677. The molecule has 0 saturated carbocycles. The third-order valence-corrected chi connectivity index (χ3v) is 4.16. The van der Waals surface area contributed by atoms with Crippen molar-refractivity contribution in [1.29, 1.82) is 0 Å². The molecule has 0 spiro atoms. The lowest BCUT2D eigenvalue weighted by atomic mass is 10.0. The molecule has 24 heavy (non-hydrogen) atoms. The van der Waals surface area contributed by atoms with E-state index in [9.17, 15) is 4.79 Å². The van der Waals surface area contributed by atoms with Crippen molar-refractivity contribution >= 4 is 5.91 Å². The molecule has 1 aliphatic rings. The lowest BCUT2D eigenvalue weighted by Gasteiger charge is -2.23. The van der Waals surface area contributed by atoms with E-state index in [1.165, 1.54) is 0 Å². The highest BCUT2D eigenvalue weighted by Crippen LogP contribution is 2.16. The van der Waals surface area contributed by atoms with Gasteiger partial charge in [-0.1, -0.05) is 12.1 Å². The Morgan fingerprint density at radius 2 is 2.08 bits per heavy atom. The molecule has 1 aliphatic heterocycles. The van der Waals surface area contributed by atoms with E-state index >= 15 is 0 Å². The SMILES string of the molecule is COc1cccc(Cc2cncc(C(=O)NC3CCOCC3)c2)c1. The topological polar surface area (TPSA) is 60.5 Å². The third-order valence-electron chi connectivity index (χ3n) is 4.16. The average molecular weight is 326 g/mol. The highest BCUT2D eigenvalue weighted by Gasteiger charge is 2.17. The Morgan fingerprint density at radius 3 is 2.88 bits per heavy atom. The quantitative estimate of drug-likeness (QED) is 0.917. The van der Waals surface area contributed by atoms with Crippen LogP contribution < -0.4 is 10.1 Å². The molecular weight excluding hydrogens is 304 g/mol. The maximum Gasteiger partial charge on any atom is 0.253 e. The monoisotopic (exact) mass is 326 g/mol. The average Bonchev–Trinajstić information content (AvgIpc) is 2.63. The fourth-order valence-electron chi connectivity index (χ4n) is 2.84. The first kappa shape index (κ1) is 16.5. The Kier molecular flexibility index (Phi) is 5.43. The largest absolute Gasteiger partial charge is 0.497 e. The molecule has 0 unspecified atom stereocenters. The van der Waals surface area contributed by atoms with Crippen molar-refractivity contribution < 1.29 is 14.3 Å². The second-order valence-corrected chi connectivity index (χ2v) is 5.97. The van der Waals surface area contributed by atoms with E-state index in [1.54, 1.807) is 19.5 Å². The molecule has 5 heteroatoms. The summed E-state index contributed by atoms with van der Waals surface area (Å²) in [6.45, 7) is 1.41. The van der Waals surface area contributed by atoms with Crippen LogP contribution in [0.15, 0.2) is 42.7 Å². The number of rotatable bonds is 5. The molecule has 2 heterocycles. The third kappa shape index (κ3) is 4.32. The van der Waals surface area contributed by atoms with Crippen molar-refractivity contribution in [3.63, 3.8) is 0 Å². The number of methoxy groups -OCH3 is 1. The first-order valence-corrected chi connectivity index (χ1v) is 8.20. The van der Waals surface area contributed by atoms with Crippen molar-refractivity contribution in [2.75, 3.05) is 20.3 Å². The molecule has 1 saturated heterocycles. The fraction of sp³-hybridized carbons (Fsp3) is 0.368. The van der Waals surface area contributed by atoms with Crippen LogP contribution in [0.3, 0.4) is 0 Å². The normalized spacial score (nSPS) is 15.0. The van der Waals surface area contributed by atoms with E-state index in [2.05, 4.69) is 10.3 Å². The summed E-state index contributed by atoms with van der Waals surface area (Å²) >= 11 is 0. The van der Waals surface area contributed by atoms with Gasteiger partial charge in [-0.25, -0.2) is 0 Å². The van der Waals surface area contributed by atoms with Gasteiger partial charge in [0.05, 0.1) is 12.7 Å². The summed E-state index contributed by atoms with van der Waals surface area (Å²) < 4.78 is 10.6. The Balaban J connectivity index is 1.67. The summed E-state index contributed by atoms with van der Waals surface area (Å²) in [4.78, 5) is 16.6. The zero-order valence-corrected chi connectivity index (χ0v) is 13.8. The number of carbonyl (C=O) groups excluding carboxylic acids is 1. The van der Waals surface area contributed by atoms with Gasteiger partial charge in [-0.05, 0) is 48.6 Å². The van der Waals surface area contributed by atoms with E-state index in [4.69, 9.17) is 9.47 Å². The maximum absolute atomic E-state index is 12.4. The molecule has 126 valence electrons. The van der Waals surface area contributed by atoms with Gasteiger partial charge < -0.3 is 14.8 Å². The number of nitrogens with zero attached hydrogens (tertiary/aromatic N) is 1. The molecule has 1 aromatic carbocycles. The van der Waals surface area contributed by atoms with Gasteiger partial charge in [0.1, 0.15) is 5.75 Å². The summed E-state index contributed by atoms with van der Waals surface area (Å²) in [5.41, 5.74) is 2.72. The van der Waals surface area contributed by atoms with Gasteiger partial charge in [-0.2, -0.15) is 0 Å². The lowest BCUT2D eigenvalue weighted by molar-refractivity contribution is 0.0696. The summed E-state index contributed by atoms with van der Waals surface area (Å²) in [5.74, 6) is 0.760. The predicted octanol–water partition coefficient (Wildman–Crippen LogP) is 2.59.